The van der Waals surface area contributed by atoms with Crippen molar-refractivity contribution in [3.05, 3.63) is 39.4 Å². The number of esters is 2. The molecule has 0 aliphatic carbocycles. The van der Waals surface area contributed by atoms with Crippen molar-refractivity contribution in [2.75, 3.05) is 6.61 Å². The Kier molecular flexibility index (Phi) is 9.07. The third-order valence-electron chi connectivity index (χ3n) is 2.77. The first-order valence-electron chi connectivity index (χ1n) is 7.15. The summed E-state index contributed by atoms with van der Waals surface area (Å²) in [5.74, 6) is -1.37. The summed E-state index contributed by atoms with van der Waals surface area (Å²) in [7, 11) is 0. The fourth-order valence-corrected chi connectivity index (χ4v) is 2.26. The fraction of sp³-hybridized carbons (Fsp3) is 0.375. The van der Waals surface area contributed by atoms with Crippen LogP contribution in [0.3, 0.4) is 0 Å². The van der Waals surface area contributed by atoms with Crippen LogP contribution in [0.25, 0.3) is 0 Å². The maximum Gasteiger partial charge on any atom is 0.336 e. The molecule has 1 rings (SSSR count). The number of hydrogen-bond donors (Lipinski definition) is 0. The lowest BCUT2D eigenvalue weighted by Crippen LogP contribution is -2.07. The normalized spacial score (nSPS) is 10.8. The molecule has 23 heavy (non-hydrogen) atoms. The molecule has 0 saturated carbocycles. The van der Waals surface area contributed by atoms with E-state index in [1.807, 2.05) is 0 Å². The highest BCUT2D eigenvalue weighted by Gasteiger charge is 2.11. The van der Waals surface area contributed by atoms with E-state index in [2.05, 4.69) is 6.92 Å². The van der Waals surface area contributed by atoms with E-state index in [0.717, 1.165) is 37.8 Å². The highest BCUT2D eigenvalue weighted by molar-refractivity contribution is 6.44. The van der Waals surface area contributed by atoms with Gasteiger partial charge in [0, 0.05) is 23.2 Å². The fourth-order valence-electron chi connectivity index (χ4n) is 1.63. The van der Waals surface area contributed by atoms with E-state index >= 15 is 0 Å². The minimum absolute atomic E-state index is 0.0201. The van der Waals surface area contributed by atoms with Gasteiger partial charge in [-0.15, -0.1) is 0 Å². The number of unbranched alkanes of at least 4 members (excludes halogenated alkanes) is 3. The van der Waals surface area contributed by atoms with Gasteiger partial charge < -0.3 is 9.47 Å². The summed E-state index contributed by atoms with van der Waals surface area (Å²) in [4.78, 5) is 23.1. The minimum Gasteiger partial charge on any atom is -0.463 e. The average molecular weight is 380 g/mol. The Bertz CT molecular complexity index is 585. The molecule has 7 heteroatoms. The Balaban J connectivity index is 2.45. The Morgan fingerprint density at radius 2 is 1.74 bits per heavy atom. The zero-order chi connectivity index (χ0) is 17.2. The summed E-state index contributed by atoms with van der Waals surface area (Å²) in [5.41, 5.74) is 0. The first-order chi connectivity index (χ1) is 10.9. The number of rotatable bonds is 8. The van der Waals surface area contributed by atoms with Crippen LogP contribution in [0.1, 0.15) is 32.6 Å². The highest BCUT2D eigenvalue weighted by Crippen LogP contribution is 2.35. The second-order valence-corrected chi connectivity index (χ2v) is 5.90. The molecule has 0 aliphatic heterocycles. The van der Waals surface area contributed by atoms with Gasteiger partial charge in [0.15, 0.2) is 5.75 Å². The molecule has 0 atom stereocenters. The van der Waals surface area contributed by atoms with E-state index in [0.29, 0.717) is 6.61 Å². The molecule has 0 amide bonds. The van der Waals surface area contributed by atoms with Crippen LogP contribution in [0.4, 0.5) is 0 Å². The first kappa shape index (κ1) is 19.8. The molecule has 0 unspecified atom stereocenters. The molecular formula is C16H17Cl3O4. The molecule has 0 fully saturated rings. The van der Waals surface area contributed by atoms with Gasteiger partial charge in [-0.1, -0.05) is 61.0 Å². The molecule has 0 heterocycles. The molecule has 4 nitrogen and oxygen atoms in total. The van der Waals surface area contributed by atoms with Gasteiger partial charge in [0.25, 0.3) is 0 Å². The largest absolute Gasteiger partial charge is 0.463 e. The second-order valence-electron chi connectivity index (χ2n) is 4.68. The maximum absolute atomic E-state index is 11.6. The van der Waals surface area contributed by atoms with Crippen LogP contribution in [-0.2, 0) is 14.3 Å². The number of carbonyl (C=O) groups is 2. The van der Waals surface area contributed by atoms with Crippen molar-refractivity contribution in [1.29, 1.82) is 0 Å². The van der Waals surface area contributed by atoms with Crippen molar-refractivity contribution in [2.45, 2.75) is 32.6 Å². The molecule has 0 bridgehead atoms. The second kappa shape index (κ2) is 10.5. The summed E-state index contributed by atoms with van der Waals surface area (Å²) in [5, 5.41) is 0.506. The predicted octanol–water partition coefficient (Wildman–Crippen LogP) is 5.23. The standard InChI is InChI=1S/C16H17Cl3O4/c1-2-3-4-5-8-22-14(20)6-7-15(21)23-13-10-11(17)9-12(18)16(13)19/h6-7,9-10H,2-5,8H2,1H3/b7-6+. The lowest BCUT2D eigenvalue weighted by molar-refractivity contribution is -0.138. The van der Waals surface area contributed by atoms with E-state index in [1.54, 1.807) is 0 Å². The monoisotopic (exact) mass is 378 g/mol. The van der Waals surface area contributed by atoms with Crippen LogP contribution < -0.4 is 4.74 Å². The summed E-state index contributed by atoms with van der Waals surface area (Å²) >= 11 is 17.5. The van der Waals surface area contributed by atoms with Gasteiger partial charge in [-0.2, -0.15) is 0 Å². The Labute approximate surface area is 150 Å². The van der Waals surface area contributed by atoms with E-state index in [9.17, 15) is 9.59 Å². The minimum atomic E-state index is -0.784. The van der Waals surface area contributed by atoms with Crippen LogP contribution in [0.15, 0.2) is 24.3 Å². The number of halogens is 3. The molecular weight excluding hydrogens is 363 g/mol. The Morgan fingerprint density at radius 1 is 1.04 bits per heavy atom. The van der Waals surface area contributed by atoms with Crippen molar-refractivity contribution in [2.24, 2.45) is 0 Å². The van der Waals surface area contributed by atoms with Crippen molar-refractivity contribution in [3.63, 3.8) is 0 Å². The van der Waals surface area contributed by atoms with Gasteiger partial charge in [0.2, 0.25) is 0 Å². The average Bonchev–Trinajstić information content (AvgIpc) is 2.50. The van der Waals surface area contributed by atoms with Crippen LogP contribution in [0, 0.1) is 0 Å². The smallest absolute Gasteiger partial charge is 0.336 e. The van der Waals surface area contributed by atoms with Gasteiger partial charge in [-0.3, -0.25) is 0 Å². The topological polar surface area (TPSA) is 52.6 Å². The maximum atomic E-state index is 11.6. The third-order valence-corrected chi connectivity index (χ3v) is 3.77. The number of benzene rings is 1. The van der Waals surface area contributed by atoms with E-state index in [1.165, 1.54) is 12.1 Å². The molecule has 1 aromatic rings. The van der Waals surface area contributed by atoms with Crippen LogP contribution >= 0.6 is 34.8 Å². The zero-order valence-corrected chi connectivity index (χ0v) is 14.9. The molecule has 0 saturated heterocycles. The van der Waals surface area contributed by atoms with Gasteiger partial charge in [0.05, 0.1) is 11.6 Å². The van der Waals surface area contributed by atoms with Crippen molar-refractivity contribution < 1.29 is 19.1 Å². The van der Waals surface area contributed by atoms with Crippen molar-refractivity contribution in [1.82, 2.24) is 0 Å². The quantitative estimate of drug-likeness (QED) is 0.204. The van der Waals surface area contributed by atoms with Crippen molar-refractivity contribution in [3.8, 4) is 5.75 Å². The number of hydrogen-bond acceptors (Lipinski definition) is 4. The van der Waals surface area contributed by atoms with Crippen LogP contribution in [0.2, 0.25) is 15.1 Å². The number of carbonyl (C=O) groups excluding carboxylic acids is 2. The SMILES string of the molecule is CCCCCCOC(=O)/C=C/C(=O)Oc1cc(Cl)cc(Cl)c1Cl. The van der Waals surface area contributed by atoms with Gasteiger partial charge in [-0.05, 0) is 12.5 Å². The summed E-state index contributed by atoms with van der Waals surface area (Å²) in [6.07, 6.45) is 5.97. The van der Waals surface area contributed by atoms with Crippen LogP contribution in [0.5, 0.6) is 5.75 Å². The predicted molar refractivity (Wildman–Crippen MR) is 91.3 cm³/mol. The molecule has 0 aliphatic rings. The Hall–Kier alpha value is -1.23. The Morgan fingerprint density at radius 3 is 2.43 bits per heavy atom. The van der Waals surface area contributed by atoms with Crippen molar-refractivity contribution >= 4 is 46.7 Å². The third kappa shape index (κ3) is 7.73. The lowest BCUT2D eigenvalue weighted by atomic mass is 10.2. The molecule has 126 valence electrons. The van der Waals surface area contributed by atoms with Gasteiger partial charge >= 0.3 is 11.9 Å². The van der Waals surface area contributed by atoms with E-state index in [-0.39, 0.29) is 20.8 Å². The number of ether oxygens (including phenoxy) is 2. The highest BCUT2D eigenvalue weighted by atomic mass is 35.5. The van der Waals surface area contributed by atoms with Gasteiger partial charge in [-0.25, -0.2) is 9.59 Å². The summed E-state index contributed by atoms with van der Waals surface area (Å²) in [6.45, 7) is 2.42. The molecule has 0 N–H and O–H groups in total. The summed E-state index contributed by atoms with van der Waals surface area (Å²) < 4.78 is 9.93. The van der Waals surface area contributed by atoms with Crippen LogP contribution in [-0.4, -0.2) is 18.5 Å². The first-order valence-corrected chi connectivity index (χ1v) is 8.28. The van der Waals surface area contributed by atoms with E-state index in [4.69, 9.17) is 44.3 Å². The molecule has 0 aromatic heterocycles. The van der Waals surface area contributed by atoms with Gasteiger partial charge in [0.1, 0.15) is 5.02 Å². The van der Waals surface area contributed by atoms with E-state index < -0.39 is 11.9 Å². The zero-order valence-electron chi connectivity index (χ0n) is 12.6. The lowest BCUT2D eigenvalue weighted by Gasteiger charge is -2.06. The summed E-state index contributed by atoms with van der Waals surface area (Å²) in [6, 6.07) is 2.78. The molecule has 1 aromatic carbocycles. The molecule has 0 spiro atoms. The molecule has 0 radical (unpaired) electrons.